The summed E-state index contributed by atoms with van der Waals surface area (Å²) in [5, 5.41) is 11.9. The molecule has 2 aromatic heterocycles. The number of hydrogen-bond acceptors (Lipinski definition) is 6. The zero-order chi connectivity index (χ0) is 21.1. The molecule has 0 radical (unpaired) electrons. The number of carbonyl (C=O) groups is 1. The molecule has 0 saturated carbocycles. The maximum Gasteiger partial charge on any atom is 0.402 e. The molecule has 0 saturated heterocycles. The summed E-state index contributed by atoms with van der Waals surface area (Å²) in [6.07, 6.45) is -2.94. The number of aromatic nitrogens is 2. The Balaban J connectivity index is 2.18. The quantitative estimate of drug-likeness (QED) is 0.470. The SMILES string of the molecule is CCN(C(=O)CCS(=O)(=O)CC(F)(F)F)c1sc(-c2ccc[n+]([O-])c2)nc1Cl. The molecule has 2 rings (SSSR count). The average molecular weight is 458 g/mol. The highest BCUT2D eigenvalue weighted by Crippen LogP contribution is 2.37. The molecule has 0 unspecified atom stereocenters. The van der Waals surface area contributed by atoms with Crippen LogP contribution in [0.3, 0.4) is 0 Å². The molecule has 0 atom stereocenters. The number of amides is 1. The largest absolute Gasteiger partial charge is 0.619 e. The molecule has 7 nitrogen and oxygen atoms in total. The van der Waals surface area contributed by atoms with Crippen LogP contribution in [0.1, 0.15) is 13.3 Å². The highest BCUT2D eigenvalue weighted by Gasteiger charge is 2.35. The number of anilines is 1. The van der Waals surface area contributed by atoms with Gasteiger partial charge in [-0.2, -0.15) is 17.9 Å². The van der Waals surface area contributed by atoms with Crippen molar-refractivity contribution in [3.63, 3.8) is 0 Å². The van der Waals surface area contributed by atoms with E-state index in [4.69, 9.17) is 11.6 Å². The molecule has 2 heterocycles. The predicted octanol–water partition coefficient (Wildman–Crippen LogP) is 2.82. The van der Waals surface area contributed by atoms with E-state index >= 15 is 0 Å². The molecule has 0 aliphatic carbocycles. The van der Waals surface area contributed by atoms with Crippen LogP contribution >= 0.6 is 22.9 Å². The second kappa shape index (κ2) is 8.62. The Morgan fingerprint density at radius 1 is 1.43 bits per heavy atom. The van der Waals surface area contributed by atoms with Gasteiger partial charge in [-0.05, 0) is 13.0 Å². The number of pyridine rings is 1. The molecule has 0 aromatic carbocycles. The first-order valence-corrected chi connectivity index (χ1v) is 10.9. The van der Waals surface area contributed by atoms with Gasteiger partial charge in [0.05, 0.1) is 11.3 Å². The molecule has 0 spiro atoms. The van der Waals surface area contributed by atoms with E-state index in [1.54, 1.807) is 13.0 Å². The minimum absolute atomic E-state index is 0.0327. The number of rotatable bonds is 7. The molecule has 1 amide bonds. The Bertz CT molecular complexity index is 964. The van der Waals surface area contributed by atoms with Crippen LogP contribution < -0.4 is 9.63 Å². The van der Waals surface area contributed by atoms with Crippen LogP contribution in [0, 0.1) is 5.21 Å². The van der Waals surface area contributed by atoms with Gasteiger partial charge in [0.15, 0.2) is 27.4 Å². The third-order valence-electron chi connectivity index (χ3n) is 3.46. The second-order valence-corrected chi connectivity index (χ2v) is 9.18. The van der Waals surface area contributed by atoms with Gasteiger partial charge in [0.2, 0.25) is 5.91 Å². The van der Waals surface area contributed by atoms with Crippen molar-refractivity contribution in [2.45, 2.75) is 19.5 Å². The summed E-state index contributed by atoms with van der Waals surface area (Å²) >= 11 is 7.09. The normalized spacial score (nSPS) is 12.2. The lowest BCUT2D eigenvalue weighted by Gasteiger charge is -2.19. The zero-order valence-corrected chi connectivity index (χ0v) is 16.8. The van der Waals surface area contributed by atoms with E-state index in [9.17, 15) is 31.6 Å². The Hall–Kier alpha value is -1.92. The molecular formula is C15H15ClF3N3O4S2. The molecule has 0 bridgehead atoms. The fourth-order valence-corrected chi connectivity index (χ4v) is 4.81. The van der Waals surface area contributed by atoms with E-state index in [2.05, 4.69) is 4.98 Å². The second-order valence-electron chi connectivity index (χ2n) is 5.66. The number of thiazole rings is 1. The van der Waals surface area contributed by atoms with Crippen molar-refractivity contribution in [2.75, 3.05) is 23.0 Å². The molecular weight excluding hydrogens is 443 g/mol. The summed E-state index contributed by atoms with van der Waals surface area (Å²) in [4.78, 5) is 17.6. The van der Waals surface area contributed by atoms with Crippen LogP contribution in [-0.2, 0) is 14.6 Å². The van der Waals surface area contributed by atoms with Crippen molar-refractivity contribution >= 4 is 43.7 Å². The van der Waals surface area contributed by atoms with Gasteiger partial charge in [-0.1, -0.05) is 22.9 Å². The van der Waals surface area contributed by atoms with Gasteiger partial charge in [-0.25, -0.2) is 13.4 Å². The van der Waals surface area contributed by atoms with E-state index in [1.807, 2.05) is 0 Å². The number of hydrogen-bond donors (Lipinski definition) is 0. The molecule has 28 heavy (non-hydrogen) atoms. The summed E-state index contributed by atoms with van der Waals surface area (Å²) in [5.41, 5.74) is 0.465. The molecule has 2 aromatic rings. The summed E-state index contributed by atoms with van der Waals surface area (Å²) in [6, 6.07) is 3.13. The van der Waals surface area contributed by atoms with E-state index < -0.39 is 39.8 Å². The zero-order valence-electron chi connectivity index (χ0n) is 14.4. The third kappa shape index (κ3) is 6.04. The van der Waals surface area contributed by atoms with E-state index in [0.717, 1.165) is 16.2 Å². The summed E-state index contributed by atoms with van der Waals surface area (Å²) in [5.74, 6) is -3.61. The van der Waals surface area contributed by atoms with Crippen LogP contribution in [-0.4, -0.2) is 43.5 Å². The maximum atomic E-state index is 12.4. The molecule has 0 aliphatic heterocycles. The van der Waals surface area contributed by atoms with Crippen LogP contribution in [0.25, 0.3) is 10.6 Å². The lowest BCUT2D eigenvalue weighted by Crippen LogP contribution is -2.33. The van der Waals surface area contributed by atoms with Gasteiger partial charge in [0.1, 0.15) is 15.8 Å². The number of sulfone groups is 1. The predicted molar refractivity (Wildman–Crippen MR) is 98.9 cm³/mol. The van der Waals surface area contributed by atoms with Gasteiger partial charge < -0.3 is 10.1 Å². The average Bonchev–Trinajstić information content (AvgIpc) is 2.93. The van der Waals surface area contributed by atoms with Gasteiger partial charge in [0, 0.05) is 19.0 Å². The molecule has 0 fully saturated rings. The number of alkyl halides is 3. The van der Waals surface area contributed by atoms with Crippen molar-refractivity contribution in [3.8, 4) is 10.6 Å². The molecule has 154 valence electrons. The Kier molecular flexibility index (Phi) is 6.88. The first-order chi connectivity index (χ1) is 12.9. The van der Waals surface area contributed by atoms with Crippen molar-refractivity contribution in [1.29, 1.82) is 0 Å². The van der Waals surface area contributed by atoms with E-state index in [-0.39, 0.29) is 16.7 Å². The first-order valence-electron chi connectivity index (χ1n) is 7.85. The molecule has 0 N–H and O–H groups in total. The number of carbonyl (C=O) groups excluding carboxylic acids is 1. The monoisotopic (exact) mass is 457 g/mol. The highest BCUT2D eigenvalue weighted by atomic mass is 35.5. The van der Waals surface area contributed by atoms with Crippen LogP contribution in [0.5, 0.6) is 0 Å². The van der Waals surface area contributed by atoms with Crippen molar-refractivity contribution in [2.24, 2.45) is 0 Å². The standard InChI is InChI=1S/C15H15ClF3N3O4S2/c1-2-22(11(23)5-7-28(25,26)9-15(17,18)19)14-12(16)20-13(27-14)10-4-3-6-21(24)8-10/h3-4,6,8H,2,5,7,9H2,1H3. The van der Waals surface area contributed by atoms with Gasteiger partial charge >= 0.3 is 6.18 Å². The van der Waals surface area contributed by atoms with Gasteiger partial charge in [-0.3, -0.25) is 4.79 Å². The number of halogens is 4. The highest BCUT2D eigenvalue weighted by molar-refractivity contribution is 7.91. The van der Waals surface area contributed by atoms with E-state index in [1.165, 1.54) is 18.5 Å². The minimum atomic E-state index is -4.86. The van der Waals surface area contributed by atoms with E-state index in [0.29, 0.717) is 15.3 Å². The summed E-state index contributed by atoms with van der Waals surface area (Å²) in [7, 11) is -4.47. The van der Waals surface area contributed by atoms with Crippen LogP contribution in [0.2, 0.25) is 5.15 Å². The minimum Gasteiger partial charge on any atom is -0.619 e. The first kappa shape index (κ1) is 22.4. The fourth-order valence-electron chi connectivity index (χ4n) is 2.30. The summed E-state index contributed by atoms with van der Waals surface area (Å²) < 4.78 is 60.5. The molecule has 0 aliphatic rings. The Morgan fingerprint density at radius 2 is 2.11 bits per heavy atom. The Labute approximate surface area is 167 Å². The number of nitrogens with zero attached hydrogens (tertiary/aromatic N) is 3. The topological polar surface area (TPSA) is 94.3 Å². The van der Waals surface area contributed by atoms with Gasteiger partial charge in [-0.15, -0.1) is 0 Å². The fraction of sp³-hybridized carbons (Fsp3) is 0.400. The smallest absolute Gasteiger partial charge is 0.402 e. The molecule has 13 heteroatoms. The van der Waals surface area contributed by atoms with Crippen LogP contribution in [0.4, 0.5) is 18.2 Å². The Morgan fingerprint density at radius 3 is 2.68 bits per heavy atom. The van der Waals surface area contributed by atoms with Crippen LogP contribution in [0.15, 0.2) is 24.5 Å². The van der Waals surface area contributed by atoms with Gasteiger partial charge in [0.25, 0.3) is 0 Å². The van der Waals surface area contributed by atoms with Crippen molar-refractivity contribution in [3.05, 3.63) is 34.9 Å². The maximum absolute atomic E-state index is 12.4. The van der Waals surface area contributed by atoms with Crippen molar-refractivity contribution in [1.82, 2.24) is 4.98 Å². The lowest BCUT2D eigenvalue weighted by atomic mass is 10.3. The summed E-state index contributed by atoms with van der Waals surface area (Å²) in [6.45, 7) is 1.71. The third-order valence-corrected chi connectivity index (χ3v) is 6.56. The van der Waals surface area contributed by atoms with Crippen molar-refractivity contribution < 1.29 is 31.1 Å². The lowest BCUT2D eigenvalue weighted by molar-refractivity contribution is -0.604.